The summed E-state index contributed by atoms with van der Waals surface area (Å²) in [5.41, 5.74) is 1.12. The van der Waals surface area contributed by atoms with Gasteiger partial charge in [0.15, 0.2) is 0 Å². The predicted molar refractivity (Wildman–Crippen MR) is 63.2 cm³/mol. The van der Waals surface area contributed by atoms with E-state index in [1.54, 1.807) is 12.3 Å². The maximum absolute atomic E-state index is 10.9. The lowest BCUT2D eigenvalue weighted by atomic mass is 9.84. The third-order valence-electron chi connectivity index (χ3n) is 3.17. The molecule has 1 aromatic rings. The number of carbonyl (C=O) groups is 1. The lowest BCUT2D eigenvalue weighted by Crippen LogP contribution is -2.33. The minimum absolute atomic E-state index is 0.137. The van der Waals surface area contributed by atoms with Gasteiger partial charge in [-0.25, -0.2) is 4.79 Å². The van der Waals surface area contributed by atoms with Gasteiger partial charge in [0.25, 0.3) is 0 Å². The molecule has 0 aromatic carbocycles. The second-order valence-electron chi connectivity index (χ2n) is 5.11. The Bertz CT molecular complexity index is 428. The van der Waals surface area contributed by atoms with Crippen LogP contribution in [0.25, 0.3) is 0 Å². The summed E-state index contributed by atoms with van der Waals surface area (Å²) in [5, 5.41) is 8.95. The van der Waals surface area contributed by atoms with Crippen LogP contribution >= 0.6 is 0 Å². The highest BCUT2D eigenvalue weighted by Gasteiger charge is 2.30. The van der Waals surface area contributed by atoms with Crippen LogP contribution in [0, 0.1) is 0 Å². The third kappa shape index (κ3) is 2.82. The molecule has 1 unspecified atom stereocenters. The average Bonchev–Trinajstić information content (AvgIpc) is 2.28. The van der Waals surface area contributed by atoms with E-state index >= 15 is 0 Å². The zero-order valence-electron chi connectivity index (χ0n) is 10.1. The summed E-state index contributed by atoms with van der Waals surface area (Å²) in [5.74, 6) is -0.587. The van der Waals surface area contributed by atoms with Crippen LogP contribution in [0.2, 0.25) is 0 Å². The van der Waals surface area contributed by atoms with E-state index in [2.05, 4.69) is 18.8 Å². The van der Waals surface area contributed by atoms with Gasteiger partial charge in [-0.15, -0.1) is 0 Å². The van der Waals surface area contributed by atoms with E-state index in [0.29, 0.717) is 5.92 Å². The number of rotatable bonds is 2. The third-order valence-corrected chi connectivity index (χ3v) is 3.17. The molecule has 1 saturated heterocycles. The van der Waals surface area contributed by atoms with Crippen molar-refractivity contribution in [2.45, 2.75) is 38.2 Å². The highest BCUT2D eigenvalue weighted by atomic mass is 16.5. The van der Waals surface area contributed by atoms with Crippen LogP contribution in [-0.2, 0) is 4.74 Å². The fourth-order valence-corrected chi connectivity index (χ4v) is 2.31. The number of aromatic nitrogens is 1. The quantitative estimate of drug-likeness (QED) is 0.855. The molecule has 0 amide bonds. The molecule has 0 aliphatic carbocycles. The number of hydrogen-bond acceptors (Lipinski definition) is 3. The fraction of sp³-hybridized carbons (Fsp3) is 0.538. The van der Waals surface area contributed by atoms with Gasteiger partial charge in [0, 0.05) is 19.0 Å². The lowest BCUT2D eigenvalue weighted by molar-refractivity contribution is -0.0593. The lowest BCUT2D eigenvalue weighted by Gasteiger charge is -2.35. The van der Waals surface area contributed by atoms with Crippen molar-refractivity contribution in [3.05, 3.63) is 29.6 Å². The Kier molecular flexibility index (Phi) is 3.15. The van der Waals surface area contributed by atoms with E-state index in [-0.39, 0.29) is 11.2 Å². The van der Waals surface area contributed by atoms with E-state index in [1.165, 1.54) is 6.20 Å². The Labute approximate surface area is 101 Å². The number of hydrogen-bond donors (Lipinski definition) is 1. The first-order valence-electron chi connectivity index (χ1n) is 5.80. The Balaban J connectivity index is 2.22. The number of aromatic carboxylic acids is 1. The van der Waals surface area contributed by atoms with Crippen LogP contribution in [0.5, 0.6) is 0 Å². The summed E-state index contributed by atoms with van der Waals surface area (Å²) in [7, 11) is 0. The van der Waals surface area contributed by atoms with Crippen molar-refractivity contribution in [2.24, 2.45) is 0 Å². The first kappa shape index (κ1) is 12.0. The van der Waals surface area contributed by atoms with E-state index in [9.17, 15) is 4.79 Å². The van der Waals surface area contributed by atoms with Gasteiger partial charge in [-0.2, -0.15) is 0 Å². The molecule has 0 spiro atoms. The predicted octanol–water partition coefficient (Wildman–Crippen LogP) is 2.45. The van der Waals surface area contributed by atoms with Crippen LogP contribution in [0.15, 0.2) is 18.5 Å². The van der Waals surface area contributed by atoms with Gasteiger partial charge in [-0.3, -0.25) is 4.98 Å². The highest BCUT2D eigenvalue weighted by molar-refractivity contribution is 5.87. The molecule has 0 saturated carbocycles. The van der Waals surface area contributed by atoms with Crippen molar-refractivity contribution in [3.8, 4) is 0 Å². The number of carboxylic acids is 1. The van der Waals surface area contributed by atoms with Crippen LogP contribution in [-0.4, -0.2) is 28.3 Å². The smallest absolute Gasteiger partial charge is 0.337 e. The summed E-state index contributed by atoms with van der Waals surface area (Å²) in [6, 6.07) is 1.72. The monoisotopic (exact) mass is 235 g/mol. The maximum Gasteiger partial charge on any atom is 0.337 e. The van der Waals surface area contributed by atoms with Crippen molar-refractivity contribution in [1.29, 1.82) is 0 Å². The van der Waals surface area contributed by atoms with Crippen molar-refractivity contribution >= 4 is 5.97 Å². The van der Waals surface area contributed by atoms with Crippen molar-refractivity contribution < 1.29 is 14.6 Å². The Morgan fingerprint density at radius 1 is 1.53 bits per heavy atom. The van der Waals surface area contributed by atoms with Crippen LogP contribution < -0.4 is 0 Å². The SMILES string of the molecule is CC1(C)CC(c2cncc(C(=O)O)c2)CCO1. The molecule has 92 valence electrons. The summed E-state index contributed by atoms with van der Waals surface area (Å²) in [6.45, 7) is 4.84. The highest BCUT2D eigenvalue weighted by Crippen LogP contribution is 2.35. The molecule has 2 heterocycles. The summed E-state index contributed by atoms with van der Waals surface area (Å²) in [4.78, 5) is 14.9. The van der Waals surface area contributed by atoms with Crippen LogP contribution in [0.4, 0.5) is 0 Å². The molecular formula is C13H17NO3. The average molecular weight is 235 g/mol. The number of pyridine rings is 1. The molecule has 0 bridgehead atoms. The molecule has 1 fully saturated rings. The van der Waals surface area contributed by atoms with Crippen molar-refractivity contribution in [1.82, 2.24) is 4.98 Å². The minimum Gasteiger partial charge on any atom is -0.478 e. The molecule has 17 heavy (non-hydrogen) atoms. The Morgan fingerprint density at radius 2 is 2.29 bits per heavy atom. The molecule has 1 aliphatic rings. The van der Waals surface area contributed by atoms with E-state index < -0.39 is 5.97 Å². The van der Waals surface area contributed by atoms with Gasteiger partial charge in [0.05, 0.1) is 11.2 Å². The molecule has 1 N–H and O–H groups in total. The number of carboxylic acid groups (broad SMARTS) is 1. The number of nitrogens with zero attached hydrogens (tertiary/aromatic N) is 1. The standard InChI is InChI=1S/C13H17NO3/c1-13(2)6-9(3-4-17-13)10-5-11(12(15)16)8-14-7-10/h5,7-9H,3-4,6H2,1-2H3,(H,15,16). The molecule has 1 atom stereocenters. The first-order valence-corrected chi connectivity index (χ1v) is 5.80. The molecule has 0 radical (unpaired) electrons. The molecule has 4 heteroatoms. The normalized spacial score (nSPS) is 23.3. The fourth-order valence-electron chi connectivity index (χ4n) is 2.31. The van der Waals surface area contributed by atoms with Gasteiger partial charge in [-0.1, -0.05) is 0 Å². The summed E-state index contributed by atoms with van der Waals surface area (Å²) in [6.07, 6.45) is 4.97. The topological polar surface area (TPSA) is 59.4 Å². The molecule has 1 aromatic heterocycles. The van der Waals surface area contributed by atoms with Crippen LogP contribution in [0.1, 0.15) is 48.5 Å². The largest absolute Gasteiger partial charge is 0.478 e. The molecular weight excluding hydrogens is 218 g/mol. The van der Waals surface area contributed by atoms with Gasteiger partial charge in [0.1, 0.15) is 0 Å². The summed E-state index contributed by atoms with van der Waals surface area (Å²) < 4.78 is 5.66. The first-order chi connectivity index (χ1) is 7.98. The van der Waals surface area contributed by atoms with Gasteiger partial charge < -0.3 is 9.84 Å². The zero-order valence-corrected chi connectivity index (χ0v) is 10.1. The minimum atomic E-state index is -0.925. The molecule has 2 rings (SSSR count). The Morgan fingerprint density at radius 3 is 2.94 bits per heavy atom. The van der Waals surface area contributed by atoms with E-state index in [0.717, 1.165) is 25.0 Å². The number of ether oxygens (including phenoxy) is 1. The second-order valence-corrected chi connectivity index (χ2v) is 5.11. The zero-order chi connectivity index (χ0) is 12.5. The van der Waals surface area contributed by atoms with Gasteiger partial charge in [0.2, 0.25) is 0 Å². The second kappa shape index (κ2) is 4.45. The van der Waals surface area contributed by atoms with Gasteiger partial charge >= 0.3 is 5.97 Å². The maximum atomic E-state index is 10.9. The van der Waals surface area contributed by atoms with Crippen molar-refractivity contribution in [2.75, 3.05) is 6.61 Å². The van der Waals surface area contributed by atoms with Crippen LogP contribution in [0.3, 0.4) is 0 Å². The van der Waals surface area contributed by atoms with E-state index in [1.807, 2.05) is 0 Å². The van der Waals surface area contributed by atoms with E-state index in [4.69, 9.17) is 9.84 Å². The Hall–Kier alpha value is -1.42. The molecule has 1 aliphatic heterocycles. The molecule has 4 nitrogen and oxygen atoms in total. The summed E-state index contributed by atoms with van der Waals surface area (Å²) >= 11 is 0. The van der Waals surface area contributed by atoms with Gasteiger partial charge in [-0.05, 0) is 44.2 Å². The van der Waals surface area contributed by atoms with Crippen molar-refractivity contribution in [3.63, 3.8) is 0 Å².